The van der Waals surface area contributed by atoms with Crippen LogP contribution >= 0.6 is 0 Å². The molecule has 1 unspecified atom stereocenters. The molecule has 7 nitrogen and oxygen atoms in total. The van der Waals surface area contributed by atoms with Gasteiger partial charge in [-0.1, -0.05) is 0 Å². The molecule has 8 heteroatoms. The van der Waals surface area contributed by atoms with Crippen LogP contribution in [0.25, 0.3) is 10.8 Å². The molecule has 37 heavy (non-hydrogen) atoms. The molecule has 4 aromatic rings. The van der Waals surface area contributed by atoms with Crippen LogP contribution < -0.4 is 18.9 Å². The Morgan fingerprint density at radius 2 is 1.78 bits per heavy atom. The van der Waals surface area contributed by atoms with E-state index in [-0.39, 0.29) is 5.56 Å². The Bertz CT molecular complexity index is 1540. The van der Waals surface area contributed by atoms with Gasteiger partial charge in [0.1, 0.15) is 0 Å². The minimum absolute atomic E-state index is 0.160. The second kappa shape index (κ2) is 10.8. The normalized spacial score (nSPS) is 11.3. The number of ether oxygens (including phenoxy) is 2. The molecule has 0 fully saturated rings. The Morgan fingerprint density at radius 1 is 1.03 bits per heavy atom. The van der Waals surface area contributed by atoms with E-state index < -0.39 is 33.4 Å². The minimum atomic E-state index is -1.02. The van der Waals surface area contributed by atoms with E-state index in [9.17, 15) is 14.7 Å². The first-order valence-corrected chi connectivity index (χ1v) is 13.5. The molecular formula is C29H25AsN2O5. The molecule has 0 aliphatic carbocycles. The summed E-state index contributed by atoms with van der Waals surface area (Å²) >= 11 is -0.965. The van der Waals surface area contributed by atoms with Crippen LogP contribution in [0.4, 0.5) is 10.5 Å². The summed E-state index contributed by atoms with van der Waals surface area (Å²) in [7, 11) is 0. The predicted molar refractivity (Wildman–Crippen MR) is 146 cm³/mol. The molecular weight excluding hydrogens is 531 g/mol. The predicted octanol–water partition coefficient (Wildman–Crippen LogP) is 4.44. The fourth-order valence-corrected chi connectivity index (χ4v) is 5.92. The number of anilines is 1. The number of amides is 1. The first-order valence-electron chi connectivity index (χ1n) is 11.4. The maximum atomic E-state index is 12.3. The van der Waals surface area contributed by atoms with E-state index in [4.69, 9.17) is 15.9 Å². The van der Waals surface area contributed by atoms with Gasteiger partial charge in [-0.25, -0.2) is 0 Å². The van der Waals surface area contributed by atoms with Gasteiger partial charge < -0.3 is 0 Å². The molecule has 0 aliphatic heterocycles. The van der Waals surface area contributed by atoms with E-state index in [2.05, 4.69) is 16.2 Å². The van der Waals surface area contributed by atoms with Crippen LogP contribution in [0.3, 0.4) is 0 Å². The van der Waals surface area contributed by atoms with Crippen LogP contribution in [0.15, 0.2) is 72.9 Å². The number of nitrogens with one attached hydrogen (secondary N) is 1. The van der Waals surface area contributed by atoms with Crippen molar-refractivity contribution in [2.75, 3.05) is 5.32 Å². The molecule has 3 aromatic carbocycles. The van der Waals surface area contributed by atoms with Crippen LogP contribution in [-0.2, 0) is 4.74 Å². The number of carboxylic acids is 1. The summed E-state index contributed by atoms with van der Waals surface area (Å²) in [6, 6.07) is 19.7. The fraction of sp³-hybridized carbons (Fsp3) is 0.138. The number of carbonyl (C=O) groups excluding carboxylic acids is 1. The molecule has 1 heterocycles. The van der Waals surface area contributed by atoms with Crippen molar-refractivity contribution >= 4 is 53.1 Å². The fourth-order valence-electron chi connectivity index (χ4n) is 3.61. The average molecular weight is 556 g/mol. The van der Waals surface area contributed by atoms with Crippen molar-refractivity contribution in [3.63, 3.8) is 0 Å². The number of terminal acetylenes is 1. The van der Waals surface area contributed by atoms with Gasteiger partial charge in [0.2, 0.25) is 0 Å². The number of carboxylic acid groups (broad SMARTS) is 1. The number of aromatic carboxylic acids is 1. The van der Waals surface area contributed by atoms with E-state index in [0.717, 1.165) is 19.6 Å². The zero-order valence-corrected chi connectivity index (χ0v) is 22.6. The molecule has 0 spiro atoms. The summed E-state index contributed by atoms with van der Waals surface area (Å²) in [6.45, 7) is 5.43. The SMILES string of the molecule is C#Cc1cc([AsH]c2cc(Oc3ccc(NC(=O)OC(C)(C)C)c4ccccc34)ccn2)cc(C(=O)O)c1. The second-order valence-electron chi connectivity index (χ2n) is 9.14. The zero-order chi connectivity index (χ0) is 26.6. The number of aromatic nitrogens is 1. The first kappa shape index (κ1) is 25.8. The third-order valence-electron chi connectivity index (χ3n) is 5.10. The number of nitrogens with zero attached hydrogens (tertiary/aromatic N) is 1. The van der Waals surface area contributed by atoms with Crippen LogP contribution in [0.5, 0.6) is 11.5 Å². The molecule has 0 saturated heterocycles. The number of hydrogen-bond donors (Lipinski definition) is 2. The Kier molecular flexibility index (Phi) is 7.52. The van der Waals surface area contributed by atoms with Gasteiger partial charge in [0, 0.05) is 0 Å². The monoisotopic (exact) mass is 556 g/mol. The topological polar surface area (TPSA) is 97.8 Å². The summed E-state index contributed by atoms with van der Waals surface area (Å²) < 4.78 is 13.3. The van der Waals surface area contributed by atoms with E-state index in [1.165, 1.54) is 6.07 Å². The quantitative estimate of drug-likeness (QED) is 0.269. The number of carbonyl (C=O) groups is 2. The van der Waals surface area contributed by atoms with E-state index in [0.29, 0.717) is 22.7 Å². The first-order chi connectivity index (χ1) is 17.6. The van der Waals surface area contributed by atoms with Crippen molar-refractivity contribution in [3.8, 4) is 23.8 Å². The van der Waals surface area contributed by atoms with Gasteiger partial charge in [-0.3, -0.25) is 0 Å². The summed E-state index contributed by atoms with van der Waals surface area (Å²) in [6.07, 6.45) is 6.64. The molecule has 1 amide bonds. The van der Waals surface area contributed by atoms with Gasteiger partial charge in [0.05, 0.1) is 0 Å². The van der Waals surface area contributed by atoms with Gasteiger partial charge in [0.25, 0.3) is 0 Å². The molecule has 4 rings (SSSR count). The maximum absolute atomic E-state index is 12.3. The second-order valence-corrected chi connectivity index (χ2v) is 11.9. The number of pyridine rings is 1. The Balaban J connectivity index is 1.59. The van der Waals surface area contributed by atoms with Gasteiger partial charge in [-0.2, -0.15) is 0 Å². The van der Waals surface area contributed by atoms with Gasteiger partial charge in [-0.15, -0.1) is 0 Å². The number of benzene rings is 3. The summed E-state index contributed by atoms with van der Waals surface area (Å²) in [5, 5.41) is 13.8. The van der Waals surface area contributed by atoms with Crippen LogP contribution in [0.2, 0.25) is 0 Å². The summed E-state index contributed by atoms with van der Waals surface area (Å²) in [5.74, 6) is 2.70. The number of fused-ring (bicyclic) bond motifs is 1. The van der Waals surface area contributed by atoms with E-state index in [1.807, 2.05) is 57.2 Å². The molecule has 186 valence electrons. The third-order valence-corrected chi connectivity index (χ3v) is 7.42. The van der Waals surface area contributed by atoms with Crippen molar-refractivity contribution in [2.45, 2.75) is 26.4 Å². The van der Waals surface area contributed by atoms with Gasteiger partial charge >= 0.3 is 201 Å². The molecule has 2 N–H and O–H groups in total. The van der Waals surface area contributed by atoms with Crippen molar-refractivity contribution in [2.24, 2.45) is 0 Å². The van der Waals surface area contributed by atoms with Crippen LogP contribution in [0.1, 0.15) is 36.7 Å². The molecule has 0 saturated carbocycles. The third kappa shape index (κ3) is 6.69. The van der Waals surface area contributed by atoms with Crippen molar-refractivity contribution in [1.29, 1.82) is 0 Å². The average Bonchev–Trinajstić information content (AvgIpc) is 2.84. The summed E-state index contributed by atoms with van der Waals surface area (Å²) in [4.78, 5) is 28.2. The Hall–Kier alpha value is -4.27. The van der Waals surface area contributed by atoms with Crippen molar-refractivity contribution in [3.05, 3.63) is 84.1 Å². The molecule has 1 aromatic heterocycles. The molecule has 0 aliphatic rings. The molecule has 0 bridgehead atoms. The zero-order valence-electron chi connectivity index (χ0n) is 20.5. The van der Waals surface area contributed by atoms with E-state index in [1.54, 1.807) is 30.5 Å². The van der Waals surface area contributed by atoms with E-state index >= 15 is 0 Å². The van der Waals surface area contributed by atoms with Crippen molar-refractivity contribution in [1.82, 2.24) is 4.98 Å². The Morgan fingerprint density at radius 3 is 2.49 bits per heavy atom. The van der Waals surface area contributed by atoms with Gasteiger partial charge in [-0.05, 0) is 20.8 Å². The van der Waals surface area contributed by atoms with Gasteiger partial charge in [0.15, 0.2) is 0 Å². The van der Waals surface area contributed by atoms with Crippen LogP contribution in [-0.4, -0.2) is 43.5 Å². The number of hydrogen-bond acceptors (Lipinski definition) is 5. The number of rotatable bonds is 6. The van der Waals surface area contributed by atoms with Crippen LogP contribution in [0, 0.1) is 12.3 Å². The Labute approximate surface area is 221 Å². The van der Waals surface area contributed by atoms with Crippen molar-refractivity contribution < 1.29 is 24.2 Å². The summed E-state index contributed by atoms with van der Waals surface area (Å²) in [5.41, 5.74) is 0.690. The molecule has 0 radical (unpaired) electrons. The molecule has 1 atom stereocenters. The standard InChI is InChI=1S/C29H25AsN2O5/c1-5-18-14-19(27(33)34)16-20(15-18)30-26-17-21(12-13-31-26)36-25-11-10-24(22-8-6-7-9-23(22)25)32-28(35)37-29(2,3)4/h1,6-17,30H,2-4H3,(H,32,35)(H,33,34).